The Morgan fingerprint density at radius 1 is 1.23 bits per heavy atom. The highest BCUT2D eigenvalue weighted by Gasteiger charge is 2.72. The third kappa shape index (κ3) is 4.49. The number of benzene rings is 1. The average molecular weight is 514 g/mol. The molecule has 35 heavy (non-hydrogen) atoms. The Kier molecular flexibility index (Phi) is 5.39. The fraction of sp³-hybridized carbons (Fsp3) is 0.435. The van der Waals surface area contributed by atoms with Crippen LogP contribution in [0.2, 0.25) is 0 Å². The van der Waals surface area contributed by atoms with E-state index in [2.05, 4.69) is 15.5 Å². The molecular formula is C23H20ClF4N3O4. The molecule has 7 nitrogen and oxygen atoms in total. The number of carbonyl (C=O) groups excluding carboxylic acids is 1. The summed E-state index contributed by atoms with van der Waals surface area (Å²) in [5.74, 6) is 0.384. The van der Waals surface area contributed by atoms with Crippen molar-refractivity contribution in [2.45, 2.75) is 54.4 Å². The number of hydrogen-bond acceptors (Lipinski definition) is 6. The van der Waals surface area contributed by atoms with Crippen LogP contribution in [-0.4, -0.2) is 39.3 Å². The van der Waals surface area contributed by atoms with Gasteiger partial charge >= 0.3 is 12.3 Å². The third-order valence-electron chi connectivity index (χ3n) is 6.44. The van der Waals surface area contributed by atoms with Crippen molar-refractivity contribution in [1.29, 1.82) is 0 Å². The molecular weight excluding hydrogens is 494 g/mol. The molecule has 1 aromatic heterocycles. The molecule has 12 heteroatoms. The first-order valence-electron chi connectivity index (χ1n) is 10.8. The van der Waals surface area contributed by atoms with Crippen LogP contribution in [-0.2, 0) is 21.1 Å². The van der Waals surface area contributed by atoms with Crippen molar-refractivity contribution >= 4 is 17.5 Å². The molecule has 2 aromatic rings. The number of amides is 1. The summed E-state index contributed by atoms with van der Waals surface area (Å²) in [6, 6.07) is 4.13. The molecule has 0 aliphatic heterocycles. The molecule has 3 fully saturated rings. The Hall–Kier alpha value is -3.08. The Labute approximate surface area is 202 Å². The minimum atomic E-state index is -4.44. The van der Waals surface area contributed by atoms with Gasteiger partial charge in [0, 0.05) is 5.54 Å². The predicted octanol–water partition coefficient (Wildman–Crippen LogP) is 4.98. The highest BCUT2D eigenvalue weighted by molar-refractivity contribution is 6.22. The van der Waals surface area contributed by atoms with Crippen molar-refractivity contribution in [1.82, 2.24) is 15.5 Å². The number of halogens is 5. The Bertz CT molecular complexity index is 1190. The first kappa shape index (κ1) is 23.7. The lowest BCUT2D eigenvalue weighted by Crippen LogP contribution is -2.77. The summed E-state index contributed by atoms with van der Waals surface area (Å²) in [7, 11) is 0. The Morgan fingerprint density at radius 2 is 1.91 bits per heavy atom. The molecule has 4 aliphatic carbocycles. The van der Waals surface area contributed by atoms with Crippen molar-refractivity contribution in [3.05, 3.63) is 59.7 Å². The quantitative estimate of drug-likeness (QED) is 0.415. The van der Waals surface area contributed by atoms with Crippen molar-refractivity contribution in [3.8, 4) is 11.8 Å². The van der Waals surface area contributed by atoms with Crippen LogP contribution in [0.1, 0.15) is 37.6 Å². The van der Waals surface area contributed by atoms with E-state index >= 15 is 0 Å². The maximum Gasteiger partial charge on any atom is 0.420 e. The number of nitrogens with zero attached hydrogens (tertiary/aromatic N) is 2. The molecule has 0 radical (unpaired) electrons. The van der Waals surface area contributed by atoms with E-state index < -0.39 is 28.3 Å². The van der Waals surface area contributed by atoms with Gasteiger partial charge in [0.1, 0.15) is 17.2 Å². The van der Waals surface area contributed by atoms with E-state index in [4.69, 9.17) is 25.5 Å². The van der Waals surface area contributed by atoms with Gasteiger partial charge in [-0.15, -0.1) is 16.7 Å². The molecule has 1 amide bonds. The SMILES string of the molecule is CC1(F)C=C(OCC(=O)NC23CC(c4nnc(Oc5ccc(C(F)(F)F)cc5)o4)(C2)C3)C=CC1Cl. The first-order chi connectivity index (χ1) is 16.4. The summed E-state index contributed by atoms with van der Waals surface area (Å²) in [4.78, 5) is 12.3. The standard InChI is InChI=1S/C23H20ClF4N3O4/c1-20(25)8-15(6-7-16(20)24)33-9-17(32)29-22-10-21(11-22,12-22)18-30-31-19(35-18)34-14-4-2-13(3-5-14)23(26,27)28/h2-8,16H,9-12H2,1H3,(H,29,32). The largest absolute Gasteiger partial charge is 0.484 e. The molecule has 1 N–H and O–H groups in total. The number of hydrogen-bond donors (Lipinski definition) is 1. The van der Waals surface area contributed by atoms with Gasteiger partial charge in [-0.3, -0.25) is 4.79 Å². The van der Waals surface area contributed by atoms with Gasteiger partial charge < -0.3 is 19.2 Å². The number of aromatic nitrogens is 2. The highest BCUT2D eigenvalue weighted by atomic mass is 35.5. The van der Waals surface area contributed by atoms with Crippen molar-refractivity contribution in [3.63, 3.8) is 0 Å². The summed E-state index contributed by atoms with van der Waals surface area (Å²) in [5.41, 5.74) is -3.32. The molecule has 1 aromatic carbocycles. The van der Waals surface area contributed by atoms with Crippen LogP contribution >= 0.6 is 11.6 Å². The summed E-state index contributed by atoms with van der Waals surface area (Å²) >= 11 is 5.88. The van der Waals surface area contributed by atoms with Gasteiger partial charge in [0.2, 0.25) is 5.89 Å². The summed E-state index contributed by atoms with van der Waals surface area (Å²) < 4.78 is 68.6. The number of carbonyl (C=O) groups is 1. The number of ether oxygens (including phenoxy) is 2. The van der Waals surface area contributed by atoms with Crippen molar-refractivity contribution in [2.24, 2.45) is 0 Å². The molecule has 2 bridgehead atoms. The van der Waals surface area contributed by atoms with Gasteiger partial charge in [0.05, 0.1) is 16.4 Å². The third-order valence-corrected chi connectivity index (χ3v) is 7.02. The van der Waals surface area contributed by atoms with Crippen molar-refractivity contribution < 1.29 is 36.2 Å². The van der Waals surface area contributed by atoms with E-state index in [1.54, 1.807) is 0 Å². The average Bonchev–Trinajstić information content (AvgIpc) is 3.18. The molecule has 3 saturated carbocycles. The molecule has 6 rings (SSSR count). The Balaban J connectivity index is 1.11. The summed E-state index contributed by atoms with van der Waals surface area (Å²) in [6.07, 6.45) is 1.40. The maximum atomic E-state index is 14.3. The van der Waals surface area contributed by atoms with Gasteiger partial charge in [0.25, 0.3) is 5.91 Å². The molecule has 2 unspecified atom stereocenters. The maximum absolute atomic E-state index is 14.3. The molecule has 0 spiro atoms. The molecule has 186 valence electrons. The van der Waals surface area contributed by atoms with E-state index in [1.807, 2.05) is 0 Å². The molecule has 4 aliphatic rings. The second-order valence-corrected chi connectivity index (χ2v) is 9.85. The van der Waals surface area contributed by atoms with Gasteiger partial charge in [-0.05, 0) is 62.6 Å². The van der Waals surface area contributed by atoms with Gasteiger partial charge in [0.15, 0.2) is 6.61 Å². The van der Waals surface area contributed by atoms with Crippen molar-refractivity contribution in [2.75, 3.05) is 6.61 Å². The van der Waals surface area contributed by atoms with E-state index in [0.29, 0.717) is 25.2 Å². The zero-order chi connectivity index (χ0) is 25.1. The van der Waals surface area contributed by atoms with E-state index in [-0.39, 0.29) is 35.5 Å². The number of rotatable bonds is 7. The monoisotopic (exact) mass is 513 g/mol. The fourth-order valence-electron chi connectivity index (χ4n) is 4.77. The van der Waals surface area contributed by atoms with Gasteiger partial charge in [-0.25, -0.2) is 4.39 Å². The molecule has 2 atom stereocenters. The number of allylic oxidation sites excluding steroid dienone is 3. The van der Waals surface area contributed by atoms with E-state index in [9.17, 15) is 22.4 Å². The lowest BCUT2D eigenvalue weighted by molar-refractivity contribution is -0.144. The van der Waals surface area contributed by atoms with E-state index in [1.165, 1.54) is 37.3 Å². The van der Waals surface area contributed by atoms with Crippen LogP contribution in [0.15, 0.2) is 52.7 Å². The first-order valence-corrected chi connectivity index (χ1v) is 11.2. The van der Waals surface area contributed by atoms with Gasteiger partial charge in [-0.1, -0.05) is 11.2 Å². The normalized spacial score (nSPS) is 31.1. The van der Waals surface area contributed by atoms with E-state index in [0.717, 1.165) is 12.1 Å². The van der Waals surface area contributed by atoms with Crippen LogP contribution in [0.5, 0.6) is 11.8 Å². The summed E-state index contributed by atoms with van der Waals surface area (Å²) in [6.45, 7) is 1.07. The van der Waals surface area contributed by atoms with Crippen LogP contribution in [0.4, 0.5) is 17.6 Å². The minimum Gasteiger partial charge on any atom is -0.484 e. The fourth-order valence-corrected chi connectivity index (χ4v) is 4.91. The zero-order valence-corrected chi connectivity index (χ0v) is 19.1. The minimum absolute atomic E-state index is 0.132. The second kappa shape index (κ2) is 7.97. The topological polar surface area (TPSA) is 86.5 Å². The number of nitrogens with one attached hydrogen (secondary N) is 1. The smallest absolute Gasteiger partial charge is 0.420 e. The Morgan fingerprint density at radius 3 is 2.54 bits per heavy atom. The molecule has 1 heterocycles. The van der Waals surface area contributed by atoms with Crippen LogP contribution in [0.25, 0.3) is 0 Å². The predicted molar refractivity (Wildman–Crippen MR) is 115 cm³/mol. The second-order valence-electron chi connectivity index (χ2n) is 9.38. The lowest BCUT2D eigenvalue weighted by Gasteiger charge is -2.68. The summed E-state index contributed by atoms with van der Waals surface area (Å²) in [5, 5.41) is 9.96. The van der Waals surface area contributed by atoms with Crippen LogP contribution in [0.3, 0.4) is 0 Å². The van der Waals surface area contributed by atoms with Gasteiger partial charge in [-0.2, -0.15) is 13.2 Å². The highest BCUT2D eigenvalue weighted by Crippen LogP contribution is 2.67. The van der Waals surface area contributed by atoms with Crippen LogP contribution < -0.4 is 10.1 Å². The van der Waals surface area contributed by atoms with Crippen LogP contribution in [0, 0.1) is 0 Å². The lowest BCUT2D eigenvalue weighted by atomic mass is 9.39. The number of alkyl halides is 5. The zero-order valence-electron chi connectivity index (χ0n) is 18.4. The molecule has 0 saturated heterocycles.